The van der Waals surface area contributed by atoms with Gasteiger partial charge in [-0.1, -0.05) is 12.1 Å². The third-order valence-corrected chi connectivity index (χ3v) is 6.26. The molecule has 2 N–H and O–H groups in total. The van der Waals surface area contributed by atoms with Crippen molar-refractivity contribution in [1.82, 2.24) is 9.88 Å². The molecule has 8 nitrogen and oxygen atoms in total. The number of phenolic OH excluding ortho intramolecular Hbond substituents is 2. The first-order valence-corrected chi connectivity index (χ1v) is 10.7. The van der Waals surface area contributed by atoms with E-state index < -0.39 is 15.9 Å². The SMILES string of the molecule is CN(c1c2c(c(O)c3ncccc13)C(=O)N(Cc1ccc(O)cc1)C2)S(C)(=O)=O. The van der Waals surface area contributed by atoms with E-state index in [0.717, 1.165) is 16.1 Å². The molecule has 2 aromatic carbocycles. The number of amides is 1. The monoisotopic (exact) mass is 413 g/mol. The molecule has 0 spiro atoms. The van der Waals surface area contributed by atoms with Crippen LogP contribution in [-0.4, -0.2) is 47.7 Å². The number of carbonyl (C=O) groups excluding carboxylic acids is 1. The van der Waals surface area contributed by atoms with Gasteiger partial charge in [-0.2, -0.15) is 0 Å². The summed E-state index contributed by atoms with van der Waals surface area (Å²) in [6.45, 7) is 0.391. The first-order chi connectivity index (χ1) is 13.7. The molecule has 2 heterocycles. The highest BCUT2D eigenvalue weighted by molar-refractivity contribution is 7.92. The zero-order valence-electron chi connectivity index (χ0n) is 15.8. The Morgan fingerprint density at radius 3 is 2.52 bits per heavy atom. The highest BCUT2D eigenvalue weighted by Gasteiger charge is 2.37. The average molecular weight is 413 g/mol. The van der Waals surface area contributed by atoms with Crippen LogP contribution in [0, 0.1) is 0 Å². The highest BCUT2D eigenvalue weighted by Crippen LogP contribution is 2.44. The number of anilines is 1. The Hall–Kier alpha value is -3.33. The molecule has 0 aliphatic carbocycles. The van der Waals surface area contributed by atoms with E-state index in [4.69, 9.17) is 0 Å². The Morgan fingerprint density at radius 2 is 1.86 bits per heavy atom. The fourth-order valence-corrected chi connectivity index (χ4v) is 4.15. The topological polar surface area (TPSA) is 111 Å². The fraction of sp³-hybridized carbons (Fsp3) is 0.200. The second-order valence-electron chi connectivity index (χ2n) is 7.01. The van der Waals surface area contributed by atoms with E-state index in [2.05, 4.69) is 4.98 Å². The Balaban J connectivity index is 1.88. The van der Waals surface area contributed by atoms with Crippen molar-refractivity contribution < 1.29 is 23.4 Å². The summed E-state index contributed by atoms with van der Waals surface area (Å²) in [5.41, 5.74) is 1.82. The van der Waals surface area contributed by atoms with Crippen LogP contribution in [0.3, 0.4) is 0 Å². The van der Waals surface area contributed by atoms with Crippen molar-refractivity contribution in [2.45, 2.75) is 13.1 Å². The van der Waals surface area contributed by atoms with Gasteiger partial charge in [0.05, 0.1) is 17.5 Å². The number of nitrogens with zero attached hydrogens (tertiary/aromatic N) is 3. The zero-order chi connectivity index (χ0) is 20.9. The molecule has 0 saturated heterocycles. The van der Waals surface area contributed by atoms with E-state index in [1.807, 2.05) is 0 Å². The molecule has 4 rings (SSSR count). The third kappa shape index (κ3) is 3.13. The van der Waals surface area contributed by atoms with Gasteiger partial charge in [0.2, 0.25) is 10.0 Å². The molecule has 29 heavy (non-hydrogen) atoms. The third-order valence-electron chi connectivity index (χ3n) is 5.08. The molecule has 0 fully saturated rings. The summed E-state index contributed by atoms with van der Waals surface area (Å²) < 4.78 is 25.7. The molecule has 1 aliphatic heterocycles. The molecule has 3 aromatic rings. The number of sulfonamides is 1. The summed E-state index contributed by atoms with van der Waals surface area (Å²) in [6, 6.07) is 9.79. The molecule has 1 aliphatic rings. The van der Waals surface area contributed by atoms with Gasteiger partial charge in [-0.15, -0.1) is 0 Å². The molecule has 0 unspecified atom stereocenters. The Kier molecular flexibility index (Phi) is 4.34. The lowest BCUT2D eigenvalue weighted by Gasteiger charge is -2.22. The normalized spacial score (nSPS) is 13.7. The number of fused-ring (bicyclic) bond motifs is 2. The van der Waals surface area contributed by atoms with Crippen LogP contribution in [-0.2, 0) is 23.1 Å². The number of hydrogen-bond donors (Lipinski definition) is 2. The molecule has 0 atom stereocenters. The Bertz CT molecular complexity index is 1240. The molecule has 0 bridgehead atoms. The fourth-order valence-electron chi connectivity index (χ4n) is 3.61. The molecular formula is C20H19N3O5S. The standard InChI is InChI=1S/C20H19N3O5S/c1-22(29(2,27)28)18-14-4-3-9-21-17(14)19(25)16-15(18)11-23(20(16)26)10-12-5-7-13(24)8-6-12/h3-9,24-25H,10-11H2,1-2H3. The van der Waals surface area contributed by atoms with Crippen LogP contribution in [0.1, 0.15) is 21.5 Å². The summed E-state index contributed by atoms with van der Waals surface area (Å²) in [6.07, 6.45) is 2.56. The maximum atomic E-state index is 13.1. The molecule has 1 amide bonds. The number of hydrogen-bond acceptors (Lipinski definition) is 6. The summed E-state index contributed by atoms with van der Waals surface area (Å²) in [5.74, 6) is -0.530. The van der Waals surface area contributed by atoms with E-state index >= 15 is 0 Å². The molecule has 0 radical (unpaired) electrons. The number of carbonyl (C=O) groups is 1. The van der Waals surface area contributed by atoms with Crippen molar-refractivity contribution in [2.75, 3.05) is 17.6 Å². The van der Waals surface area contributed by atoms with Gasteiger partial charge in [-0.05, 0) is 29.8 Å². The van der Waals surface area contributed by atoms with Crippen LogP contribution in [0.25, 0.3) is 10.9 Å². The second-order valence-corrected chi connectivity index (χ2v) is 9.02. The molecule has 9 heteroatoms. The molecule has 1 aromatic heterocycles. The second kappa shape index (κ2) is 6.63. The number of aromatic nitrogens is 1. The largest absolute Gasteiger partial charge is 0.508 e. The maximum Gasteiger partial charge on any atom is 0.258 e. The average Bonchev–Trinajstić information content (AvgIpc) is 2.99. The van der Waals surface area contributed by atoms with Crippen molar-refractivity contribution in [3.63, 3.8) is 0 Å². The van der Waals surface area contributed by atoms with Crippen LogP contribution < -0.4 is 4.31 Å². The summed E-state index contributed by atoms with van der Waals surface area (Å²) in [7, 11) is -2.20. The zero-order valence-corrected chi connectivity index (χ0v) is 16.6. The van der Waals surface area contributed by atoms with Crippen LogP contribution >= 0.6 is 0 Å². The summed E-state index contributed by atoms with van der Waals surface area (Å²) >= 11 is 0. The van der Waals surface area contributed by atoms with Crippen molar-refractivity contribution in [3.8, 4) is 11.5 Å². The lowest BCUT2D eigenvalue weighted by molar-refractivity contribution is 0.0764. The Morgan fingerprint density at radius 1 is 1.17 bits per heavy atom. The van der Waals surface area contributed by atoms with Crippen molar-refractivity contribution in [3.05, 3.63) is 59.3 Å². The lowest BCUT2D eigenvalue weighted by atomic mass is 10.0. The van der Waals surface area contributed by atoms with E-state index in [9.17, 15) is 23.4 Å². The predicted molar refractivity (Wildman–Crippen MR) is 108 cm³/mol. The minimum atomic E-state index is -3.61. The number of aromatic hydroxyl groups is 2. The van der Waals surface area contributed by atoms with Gasteiger partial charge >= 0.3 is 0 Å². The minimum absolute atomic E-state index is 0.0699. The minimum Gasteiger partial charge on any atom is -0.508 e. The molecule has 150 valence electrons. The van der Waals surface area contributed by atoms with Gasteiger partial charge in [0.1, 0.15) is 11.3 Å². The number of phenols is 2. The highest BCUT2D eigenvalue weighted by atomic mass is 32.2. The van der Waals surface area contributed by atoms with Gasteiger partial charge < -0.3 is 15.1 Å². The van der Waals surface area contributed by atoms with Crippen LogP contribution in [0.15, 0.2) is 42.6 Å². The van der Waals surface area contributed by atoms with Crippen LogP contribution in [0.2, 0.25) is 0 Å². The number of pyridine rings is 1. The first-order valence-electron chi connectivity index (χ1n) is 8.82. The van der Waals surface area contributed by atoms with Crippen LogP contribution in [0.5, 0.6) is 11.5 Å². The molecule has 0 saturated carbocycles. The van der Waals surface area contributed by atoms with E-state index in [0.29, 0.717) is 16.6 Å². The number of rotatable bonds is 4. The van der Waals surface area contributed by atoms with Gasteiger partial charge in [0, 0.05) is 37.3 Å². The summed E-state index contributed by atoms with van der Waals surface area (Å²) in [5, 5.41) is 20.7. The maximum absolute atomic E-state index is 13.1. The Labute approximate surface area is 167 Å². The smallest absolute Gasteiger partial charge is 0.258 e. The van der Waals surface area contributed by atoms with Crippen molar-refractivity contribution in [1.29, 1.82) is 0 Å². The van der Waals surface area contributed by atoms with Gasteiger partial charge in [0.15, 0.2) is 5.75 Å². The van der Waals surface area contributed by atoms with Gasteiger partial charge in [-0.25, -0.2) is 8.42 Å². The van der Waals surface area contributed by atoms with Gasteiger partial charge in [-0.3, -0.25) is 14.1 Å². The van der Waals surface area contributed by atoms with Crippen molar-refractivity contribution >= 4 is 32.5 Å². The molecular weight excluding hydrogens is 394 g/mol. The van der Waals surface area contributed by atoms with E-state index in [1.165, 1.54) is 30.3 Å². The quantitative estimate of drug-likeness (QED) is 0.678. The van der Waals surface area contributed by atoms with Crippen LogP contribution in [0.4, 0.5) is 5.69 Å². The predicted octanol–water partition coefficient (Wildman–Crippen LogP) is 2.20. The van der Waals surface area contributed by atoms with E-state index in [1.54, 1.807) is 24.3 Å². The lowest BCUT2D eigenvalue weighted by Crippen LogP contribution is -2.26. The van der Waals surface area contributed by atoms with Crippen molar-refractivity contribution in [2.24, 2.45) is 0 Å². The first kappa shape index (κ1) is 19.0. The summed E-state index contributed by atoms with van der Waals surface area (Å²) in [4.78, 5) is 18.8. The number of benzene rings is 2. The van der Waals surface area contributed by atoms with E-state index in [-0.39, 0.29) is 35.7 Å². The van der Waals surface area contributed by atoms with Gasteiger partial charge in [0.25, 0.3) is 5.91 Å².